The molecule has 0 N–H and O–H groups in total. The van der Waals surface area contributed by atoms with Gasteiger partial charge >= 0.3 is 6.18 Å². The van der Waals surface area contributed by atoms with Gasteiger partial charge in [-0.3, -0.25) is 4.68 Å². The second-order valence-electron chi connectivity index (χ2n) is 5.17. The van der Waals surface area contributed by atoms with E-state index in [1.165, 1.54) is 23.5 Å². The number of thiophene rings is 1. The van der Waals surface area contributed by atoms with Crippen molar-refractivity contribution in [2.75, 3.05) is 26.3 Å². The van der Waals surface area contributed by atoms with Crippen LogP contribution >= 0.6 is 11.3 Å². The van der Waals surface area contributed by atoms with Crippen LogP contribution in [-0.2, 0) is 28.0 Å². The minimum atomic E-state index is -4.51. The highest BCUT2D eigenvalue weighted by atomic mass is 32.2. The van der Waals surface area contributed by atoms with Crippen molar-refractivity contribution in [3.05, 3.63) is 23.9 Å². The van der Waals surface area contributed by atoms with Crippen molar-refractivity contribution < 1.29 is 26.3 Å². The van der Waals surface area contributed by atoms with Crippen molar-refractivity contribution in [1.29, 1.82) is 0 Å². The lowest BCUT2D eigenvalue weighted by Crippen LogP contribution is -2.40. The summed E-state index contributed by atoms with van der Waals surface area (Å²) >= 11 is 0.906. The first-order chi connectivity index (χ1) is 11.2. The van der Waals surface area contributed by atoms with Crippen molar-refractivity contribution in [2.24, 2.45) is 7.05 Å². The Morgan fingerprint density at radius 1 is 1.25 bits per heavy atom. The van der Waals surface area contributed by atoms with E-state index in [0.717, 1.165) is 22.1 Å². The minimum Gasteiger partial charge on any atom is -0.379 e. The molecule has 0 bridgehead atoms. The van der Waals surface area contributed by atoms with E-state index in [2.05, 4.69) is 5.10 Å². The van der Waals surface area contributed by atoms with Gasteiger partial charge < -0.3 is 4.74 Å². The Balaban J connectivity index is 1.91. The molecule has 1 aliphatic rings. The summed E-state index contributed by atoms with van der Waals surface area (Å²) in [6.07, 6.45) is -4.51. The maximum Gasteiger partial charge on any atom is 0.433 e. The van der Waals surface area contributed by atoms with E-state index in [4.69, 9.17) is 4.74 Å². The van der Waals surface area contributed by atoms with Crippen molar-refractivity contribution in [3.8, 4) is 10.6 Å². The van der Waals surface area contributed by atoms with Gasteiger partial charge in [-0.05, 0) is 18.2 Å². The Labute approximate surface area is 140 Å². The zero-order chi connectivity index (χ0) is 17.5. The smallest absolute Gasteiger partial charge is 0.379 e. The molecule has 6 nitrogen and oxygen atoms in total. The highest BCUT2D eigenvalue weighted by molar-refractivity contribution is 7.91. The highest BCUT2D eigenvalue weighted by Crippen LogP contribution is 2.35. The Hall–Kier alpha value is -1.43. The fourth-order valence-corrected chi connectivity index (χ4v) is 5.19. The monoisotopic (exact) mass is 381 g/mol. The van der Waals surface area contributed by atoms with E-state index in [-0.39, 0.29) is 23.0 Å². The van der Waals surface area contributed by atoms with Gasteiger partial charge in [0, 0.05) is 20.1 Å². The molecule has 0 amide bonds. The van der Waals surface area contributed by atoms with Gasteiger partial charge in [0.25, 0.3) is 10.0 Å². The van der Waals surface area contributed by atoms with E-state index in [1.807, 2.05) is 0 Å². The van der Waals surface area contributed by atoms with Crippen LogP contribution in [0.25, 0.3) is 10.6 Å². The third-order valence-electron chi connectivity index (χ3n) is 3.57. The van der Waals surface area contributed by atoms with Crippen LogP contribution in [0, 0.1) is 0 Å². The first-order valence-corrected chi connectivity index (χ1v) is 9.24. The Kier molecular flexibility index (Phi) is 4.45. The SMILES string of the molecule is Cn1nc(-c2ccc(S(=O)(=O)N3CCOCC3)s2)cc1C(F)(F)F. The predicted molar refractivity (Wildman–Crippen MR) is 81.1 cm³/mol. The summed E-state index contributed by atoms with van der Waals surface area (Å²) in [4.78, 5) is 0.368. The summed E-state index contributed by atoms with van der Waals surface area (Å²) in [5.74, 6) is 0. The van der Waals surface area contributed by atoms with Crippen molar-refractivity contribution >= 4 is 21.4 Å². The Morgan fingerprint density at radius 2 is 1.92 bits per heavy atom. The van der Waals surface area contributed by atoms with Crippen molar-refractivity contribution in [1.82, 2.24) is 14.1 Å². The van der Waals surface area contributed by atoms with Crippen molar-refractivity contribution in [2.45, 2.75) is 10.4 Å². The predicted octanol–water partition coefficient (Wildman–Crippen LogP) is 2.19. The molecule has 0 unspecified atom stereocenters. The van der Waals surface area contributed by atoms with E-state index in [1.54, 1.807) is 0 Å². The summed E-state index contributed by atoms with van der Waals surface area (Å²) in [5, 5.41) is 3.83. The number of aryl methyl sites for hydroxylation is 1. The van der Waals surface area contributed by atoms with E-state index in [9.17, 15) is 21.6 Å². The Morgan fingerprint density at radius 3 is 2.50 bits per heavy atom. The molecule has 3 rings (SSSR count). The first-order valence-electron chi connectivity index (χ1n) is 6.99. The summed E-state index contributed by atoms with van der Waals surface area (Å²) in [6.45, 7) is 1.17. The molecule has 3 heterocycles. The molecule has 0 radical (unpaired) electrons. The molecule has 1 fully saturated rings. The second kappa shape index (κ2) is 6.14. The fraction of sp³-hybridized carbons (Fsp3) is 0.462. The molecule has 0 saturated carbocycles. The van der Waals surface area contributed by atoms with Gasteiger partial charge in [-0.25, -0.2) is 8.42 Å². The number of halogens is 3. The largest absolute Gasteiger partial charge is 0.433 e. The fourth-order valence-electron chi connectivity index (χ4n) is 2.36. The quantitative estimate of drug-likeness (QED) is 0.818. The molecular weight excluding hydrogens is 367 g/mol. The second-order valence-corrected chi connectivity index (χ2v) is 8.42. The molecule has 2 aromatic rings. The molecular formula is C13H14F3N3O3S2. The van der Waals surface area contributed by atoms with Gasteiger partial charge in [-0.1, -0.05) is 0 Å². The molecule has 132 valence electrons. The summed E-state index contributed by atoms with van der Waals surface area (Å²) < 4.78 is 70.9. The summed E-state index contributed by atoms with van der Waals surface area (Å²) in [7, 11) is -2.47. The molecule has 0 atom stereocenters. The standard InChI is InChI=1S/C13H14F3N3O3S2/c1-18-11(13(14,15)16)8-9(17-18)10-2-3-12(23-10)24(20,21)19-4-6-22-7-5-19/h2-3,8H,4-7H2,1H3. The zero-order valence-electron chi connectivity index (χ0n) is 12.6. The Bertz CT molecular complexity index is 836. The van der Waals surface area contributed by atoms with Gasteiger partial charge in [-0.2, -0.15) is 22.6 Å². The number of alkyl halides is 3. The average Bonchev–Trinajstić information content (AvgIpc) is 3.14. The first kappa shape index (κ1) is 17.4. The van der Waals surface area contributed by atoms with Crippen LogP contribution in [-0.4, -0.2) is 48.8 Å². The van der Waals surface area contributed by atoms with Crippen LogP contribution in [0.2, 0.25) is 0 Å². The number of hydrogen-bond donors (Lipinski definition) is 0. The molecule has 11 heteroatoms. The van der Waals surface area contributed by atoms with Crippen LogP contribution in [0.15, 0.2) is 22.4 Å². The lowest BCUT2D eigenvalue weighted by Gasteiger charge is -2.25. The van der Waals surface area contributed by atoms with Gasteiger partial charge in [-0.15, -0.1) is 11.3 Å². The molecule has 0 spiro atoms. The number of sulfonamides is 1. The molecule has 1 aliphatic heterocycles. The number of ether oxygens (including phenoxy) is 1. The zero-order valence-corrected chi connectivity index (χ0v) is 14.2. The molecule has 0 aromatic carbocycles. The van der Waals surface area contributed by atoms with Crippen molar-refractivity contribution in [3.63, 3.8) is 0 Å². The molecule has 24 heavy (non-hydrogen) atoms. The highest BCUT2D eigenvalue weighted by Gasteiger charge is 2.35. The van der Waals surface area contributed by atoms with Crippen LogP contribution in [0.3, 0.4) is 0 Å². The normalized spacial score (nSPS) is 17.3. The van der Waals surface area contributed by atoms with Crippen LogP contribution < -0.4 is 0 Å². The molecule has 1 saturated heterocycles. The van der Waals surface area contributed by atoms with E-state index in [0.29, 0.717) is 18.1 Å². The number of nitrogens with zero attached hydrogens (tertiary/aromatic N) is 3. The van der Waals surface area contributed by atoms with E-state index >= 15 is 0 Å². The molecule has 0 aliphatic carbocycles. The average molecular weight is 381 g/mol. The summed E-state index contributed by atoms with van der Waals surface area (Å²) in [6, 6.07) is 3.78. The number of hydrogen-bond acceptors (Lipinski definition) is 5. The van der Waals surface area contributed by atoms with Gasteiger partial charge in [0.05, 0.1) is 18.1 Å². The molecule has 2 aromatic heterocycles. The third kappa shape index (κ3) is 3.21. The lowest BCUT2D eigenvalue weighted by molar-refractivity contribution is -0.143. The minimum absolute atomic E-state index is 0.0820. The van der Waals surface area contributed by atoms with Crippen LogP contribution in [0.1, 0.15) is 5.69 Å². The van der Waals surface area contributed by atoms with E-state index < -0.39 is 21.9 Å². The van der Waals surface area contributed by atoms with Crippen LogP contribution in [0.4, 0.5) is 13.2 Å². The van der Waals surface area contributed by atoms with Crippen LogP contribution in [0.5, 0.6) is 0 Å². The maximum atomic E-state index is 12.8. The number of rotatable bonds is 3. The van der Waals surface area contributed by atoms with Gasteiger partial charge in [0.1, 0.15) is 15.6 Å². The third-order valence-corrected chi connectivity index (χ3v) is 7.04. The topological polar surface area (TPSA) is 64.4 Å². The number of morpholine rings is 1. The van der Waals surface area contributed by atoms with Gasteiger partial charge in [0.2, 0.25) is 0 Å². The van der Waals surface area contributed by atoms with Gasteiger partial charge in [0.15, 0.2) is 0 Å². The number of aromatic nitrogens is 2. The summed E-state index contributed by atoms with van der Waals surface area (Å²) in [5.41, 5.74) is -0.790. The maximum absolute atomic E-state index is 12.8. The lowest BCUT2D eigenvalue weighted by atomic mass is 10.3.